The molecule has 0 spiro atoms. The second-order valence-electron chi connectivity index (χ2n) is 8.15. The fourth-order valence-corrected chi connectivity index (χ4v) is 5.14. The van der Waals surface area contributed by atoms with Gasteiger partial charge in [-0.15, -0.1) is 10.2 Å². The van der Waals surface area contributed by atoms with Gasteiger partial charge in [-0.3, -0.25) is 0 Å². The van der Waals surface area contributed by atoms with E-state index >= 15 is 0 Å². The molecule has 1 aromatic rings. The Hall–Kier alpha value is -1.63. The number of nitrogens with zero attached hydrogens (tertiary/aromatic N) is 4. The van der Waals surface area contributed by atoms with Crippen LogP contribution in [0.15, 0.2) is 0 Å². The SMILES string of the molecule is CCCN(C(=O)NCc1nnc2n1CCC2)[C@@H]1[C@@H]2CCO[C@H]2C1(C)C. The maximum absolute atomic E-state index is 13.0. The molecular formula is C18H29N5O2. The molecule has 3 atom stereocenters. The molecule has 7 heteroatoms. The first kappa shape index (κ1) is 16.8. The summed E-state index contributed by atoms with van der Waals surface area (Å²) in [6, 6.07) is 0.268. The number of hydrogen-bond donors (Lipinski definition) is 1. The Balaban J connectivity index is 1.44. The molecule has 1 N–H and O–H groups in total. The molecule has 3 aliphatic rings. The van der Waals surface area contributed by atoms with Gasteiger partial charge in [0, 0.05) is 43.5 Å². The van der Waals surface area contributed by atoms with Crippen LogP contribution < -0.4 is 5.32 Å². The van der Waals surface area contributed by atoms with Crippen molar-refractivity contribution in [1.82, 2.24) is 25.0 Å². The lowest BCUT2D eigenvalue weighted by atomic mass is 9.56. The second kappa shape index (κ2) is 6.27. The summed E-state index contributed by atoms with van der Waals surface area (Å²) in [4.78, 5) is 15.0. The zero-order chi connectivity index (χ0) is 17.6. The van der Waals surface area contributed by atoms with Gasteiger partial charge in [-0.05, 0) is 19.3 Å². The Morgan fingerprint density at radius 2 is 2.28 bits per heavy atom. The van der Waals surface area contributed by atoms with E-state index in [9.17, 15) is 4.79 Å². The second-order valence-corrected chi connectivity index (χ2v) is 8.15. The molecule has 2 fully saturated rings. The largest absolute Gasteiger partial charge is 0.377 e. The van der Waals surface area contributed by atoms with Crippen molar-refractivity contribution in [1.29, 1.82) is 0 Å². The summed E-state index contributed by atoms with van der Waals surface area (Å²) >= 11 is 0. The number of rotatable bonds is 5. The minimum absolute atomic E-state index is 0.0145. The number of aryl methyl sites for hydroxylation is 1. The van der Waals surface area contributed by atoms with E-state index in [-0.39, 0.29) is 17.5 Å². The first-order valence-corrected chi connectivity index (χ1v) is 9.61. The summed E-state index contributed by atoms with van der Waals surface area (Å²) in [6.07, 6.45) is 4.42. The van der Waals surface area contributed by atoms with Crippen LogP contribution >= 0.6 is 0 Å². The fraction of sp³-hybridized carbons (Fsp3) is 0.833. The average Bonchev–Trinajstić information content (AvgIpc) is 3.28. The van der Waals surface area contributed by atoms with E-state index in [0.717, 1.165) is 57.0 Å². The molecule has 0 bridgehead atoms. The molecule has 4 rings (SSSR count). The highest BCUT2D eigenvalue weighted by Crippen LogP contribution is 2.54. The summed E-state index contributed by atoms with van der Waals surface area (Å²) in [5.74, 6) is 2.39. The molecule has 3 heterocycles. The van der Waals surface area contributed by atoms with E-state index in [1.807, 2.05) is 4.90 Å². The minimum atomic E-state index is 0.0145. The quantitative estimate of drug-likeness (QED) is 0.884. The van der Waals surface area contributed by atoms with Gasteiger partial charge in [0.25, 0.3) is 0 Å². The van der Waals surface area contributed by atoms with E-state index in [4.69, 9.17) is 4.74 Å². The lowest BCUT2D eigenvalue weighted by Crippen LogP contribution is -2.68. The van der Waals surface area contributed by atoms with Crippen LogP contribution in [0.1, 0.15) is 51.7 Å². The molecule has 25 heavy (non-hydrogen) atoms. The molecule has 138 valence electrons. The highest BCUT2D eigenvalue weighted by atomic mass is 16.5. The van der Waals surface area contributed by atoms with Gasteiger partial charge in [-0.1, -0.05) is 20.8 Å². The van der Waals surface area contributed by atoms with Crippen molar-refractivity contribution in [2.45, 2.75) is 71.7 Å². The van der Waals surface area contributed by atoms with E-state index in [1.165, 1.54) is 0 Å². The summed E-state index contributed by atoms with van der Waals surface area (Å²) in [6.45, 7) is 9.59. The van der Waals surface area contributed by atoms with Crippen molar-refractivity contribution in [3.8, 4) is 0 Å². The first-order chi connectivity index (χ1) is 12.0. The number of amides is 2. The van der Waals surface area contributed by atoms with Crippen molar-refractivity contribution in [2.75, 3.05) is 13.2 Å². The summed E-state index contributed by atoms with van der Waals surface area (Å²) in [5.41, 5.74) is 0.0176. The van der Waals surface area contributed by atoms with Gasteiger partial charge in [0.15, 0.2) is 5.82 Å². The molecule has 1 saturated heterocycles. The first-order valence-electron chi connectivity index (χ1n) is 9.61. The minimum Gasteiger partial charge on any atom is -0.377 e. The third kappa shape index (κ3) is 2.63. The van der Waals surface area contributed by atoms with Crippen LogP contribution in [0, 0.1) is 11.3 Å². The van der Waals surface area contributed by atoms with Crippen molar-refractivity contribution < 1.29 is 9.53 Å². The molecule has 0 unspecified atom stereocenters. The van der Waals surface area contributed by atoms with E-state index in [0.29, 0.717) is 18.6 Å². The highest BCUT2D eigenvalue weighted by Gasteiger charge is 2.62. The molecule has 1 aromatic heterocycles. The van der Waals surface area contributed by atoms with Gasteiger partial charge in [-0.2, -0.15) is 0 Å². The third-order valence-electron chi connectivity index (χ3n) is 6.18. The Bertz CT molecular complexity index is 656. The molecule has 0 aromatic carbocycles. The van der Waals surface area contributed by atoms with E-state index in [1.54, 1.807) is 0 Å². The van der Waals surface area contributed by atoms with Crippen LogP contribution in [0.2, 0.25) is 0 Å². The summed E-state index contributed by atoms with van der Waals surface area (Å²) in [7, 11) is 0. The predicted molar refractivity (Wildman–Crippen MR) is 93.0 cm³/mol. The molecule has 1 saturated carbocycles. The number of urea groups is 1. The van der Waals surface area contributed by atoms with Crippen molar-refractivity contribution in [3.63, 3.8) is 0 Å². The van der Waals surface area contributed by atoms with Crippen LogP contribution in [-0.2, 0) is 24.2 Å². The predicted octanol–water partition coefficient (Wildman–Crippen LogP) is 1.96. The van der Waals surface area contributed by atoms with Crippen molar-refractivity contribution in [3.05, 3.63) is 11.6 Å². The maximum atomic E-state index is 13.0. The third-order valence-corrected chi connectivity index (χ3v) is 6.18. The normalized spacial score (nSPS) is 29.0. The number of carbonyl (C=O) groups is 1. The highest BCUT2D eigenvalue weighted by molar-refractivity contribution is 5.75. The van der Waals surface area contributed by atoms with Gasteiger partial charge < -0.3 is 19.5 Å². The Morgan fingerprint density at radius 3 is 3.08 bits per heavy atom. The number of carbonyl (C=O) groups excluding carboxylic acids is 1. The van der Waals surface area contributed by atoms with E-state index < -0.39 is 0 Å². The zero-order valence-corrected chi connectivity index (χ0v) is 15.5. The maximum Gasteiger partial charge on any atom is 0.318 e. The van der Waals surface area contributed by atoms with Crippen LogP contribution in [0.3, 0.4) is 0 Å². The number of nitrogens with one attached hydrogen (secondary N) is 1. The number of aromatic nitrogens is 3. The lowest BCUT2D eigenvalue weighted by molar-refractivity contribution is -0.143. The van der Waals surface area contributed by atoms with Crippen molar-refractivity contribution in [2.24, 2.45) is 11.3 Å². The number of fused-ring (bicyclic) bond motifs is 2. The number of hydrogen-bond acceptors (Lipinski definition) is 4. The topological polar surface area (TPSA) is 72.3 Å². The van der Waals surface area contributed by atoms with Gasteiger partial charge in [-0.25, -0.2) is 4.79 Å². The van der Waals surface area contributed by atoms with Crippen LogP contribution in [0.4, 0.5) is 4.79 Å². The lowest BCUT2D eigenvalue weighted by Gasteiger charge is -2.58. The summed E-state index contributed by atoms with van der Waals surface area (Å²) in [5, 5.41) is 11.5. The summed E-state index contributed by atoms with van der Waals surface area (Å²) < 4.78 is 8.03. The molecule has 2 amide bonds. The number of ether oxygens (including phenoxy) is 1. The fourth-order valence-electron chi connectivity index (χ4n) is 5.14. The van der Waals surface area contributed by atoms with E-state index in [2.05, 4.69) is 40.9 Å². The molecule has 1 aliphatic carbocycles. The standard InChI is InChI=1S/C18H29N5O2/c1-4-8-23(15-12-7-10-25-16(12)18(15,2)3)17(24)19-11-14-21-20-13-6-5-9-22(13)14/h12,15-16H,4-11H2,1-3H3,(H,19,24)/t12-,15+,16+/m0/s1. The Kier molecular flexibility index (Phi) is 4.22. The smallest absolute Gasteiger partial charge is 0.318 e. The Morgan fingerprint density at radius 1 is 1.44 bits per heavy atom. The Labute approximate surface area is 149 Å². The molecule has 7 nitrogen and oxygen atoms in total. The average molecular weight is 347 g/mol. The monoisotopic (exact) mass is 347 g/mol. The van der Waals surface area contributed by atoms with Gasteiger partial charge in [0.05, 0.1) is 12.6 Å². The molecular weight excluding hydrogens is 318 g/mol. The van der Waals surface area contributed by atoms with Crippen LogP contribution in [-0.4, -0.2) is 51.0 Å². The molecule has 2 aliphatic heterocycles. The van der Waals surface area contributed by atoms with Crippen LogP contribution in [0.25, 0.3) is 0 Å². The van der Waals surface area contributed by atoms with Gasteiger partial charge in [0.2, 0.25) is 0 Å². The van der Waals surface area contributed by atoms with Gasteiger partial charge in [0.1, 0.15) is 5.82 Å². The van der Waals surface area contributed by atoms with Crippen LogP contribution in [0.5, 0.6) is 0 Å². The van der Waals surface area contributed by atoms with Crippen molar-refractivity contribution >= 4 is 6.03 Å². The molecule has 0 radical (unpaired) electrons. The zero-order valence-electron chi connectivity index (χ0n) is 15.5. The van der Waals surface area contributed by atoms with Gasteiger partial charge >= 0.3 is 6.03 Å².